The number of aromatic nitrogens is 2. The van der Waals surface area contributed by atoms with Crippen LogP contribution in [0.3, 0.4) is 0 Å². The van der Waals surface area contributed by atoms with Crippen molar-refractivity contribution in [2.24, 2.45) is 0 Å². The summed E-state index contributed by atoms with van der Waals surface area (Å²) in [5.41, 5.74) is 3.60. The lowest BCUT2D eigenvalue weighted by atomic mass is 10.1. The van der Waals surface area contributed by atoms with Crippen LogP contribution in [0.15, 0.2) is 59.6 Å². The minimum atomic E-state index is -3.23. The van der Waals surface area contributed by atoms with Gasteiger partial charge in [-0.1, -0.05) is 24.3 Å². The molecule has 32 heavy (non-hydrogen) atoms. The van der Waals surface area contributed by atoms with Crippen LogP contribution in [0.4, 0.5) is 5.69 Å². The van der Waals surface area contributed by atoms with E-state index in [9.17, 15) is 13.2 Å². The van der Waals surface area contributed by atoms with Gasteiger partial charge in [-0.3, -0.25) is 9.69 Å². The minimum Gasteiger partial charge on any atom is -0.378 e. The second-order valence-corrected chi connectivity index (χ2v) is 9.93. The predicted molar refractivity (Wildman–Crippen MR) is 122 cm³/mol. The molecule has 1 amide bonds. The summed E-state index contributed by atoms with van der Waals surface area (Å²) in [5.74, 6) is 0.715. The molecule has 0 bridgehead atoms. The molecular formula is C23H26N4O4S. The number of ether oxygens (including phenoxy) is 1. The van der Waals surface area contributed by atoms with E-state index in [0.717, 1.165) is 41.4 Å². The highest BCUT2D eigenvalue weighted by Gasteiger charge is 2.27. The molecule has 1 aromatic heterocycles. The lowest BCUT2D eigenvalue weighted by molar-refractivity contribution is -0.114. The number of carbonyl (C=O) groups is 1. The van der Waals surface area contributed by atoms with Crippen LogP contribution in [-0.2, 0) is 25.9 Å². The van der Waals surface area contributed by atoms with Crippen LogP contribution in [0.5, 0.6) is 0 Å². The largest absolute Gasteiger partial charge is 0.378 e. The molecule has 8 nitrogen and oxygen atoms in total. The zero-order valence-corrected chi connectivity index (χ0v) is 18.9. The SMILES string of the molecule is CC(=O)Nc1ccc(CN2CCOCC2c2ncc(-c3ccc(S(C)(=O)=O)cc3)[nH]2)cc1. The van der Waals surface area contributed by atoms with Gasteiger partial charge in [-0.25, -0.2) is 13.4 Å². The number of H-pyrrole nitrogens is 1. The third kappa shape index (κ3) is 5.24. The van der Waals surface area contributed by atoms with Crippen molar-refractivity contribution < 1.29 is 17.9 Å². The van der Waals surface area contributed by atoms with Crippen LogP contribution in [0.1, 0.15) is 24.4 Å². The number of benzene rings is 2. The Hall–Kier alpha value is -3.01. The first-order valence-electron chi connectivity index (χ1n) is 10.3. The third-order valence-electron chi connectivity index (χ3n) is 5.40. The van der Waals surface area contributed by atoms with Crippen molar-refractivity contribution in [3.63, 3.8) is 0 Å². The summed E-state index contributed by atoms with van der Waals surface area (Å²) < 4.78 is 29.1. The molecule has 1 saturated heterocycles. The molecule has 2 heterocycles. The van der Waals surface area contributed by atoms with Crippen LogP contribution in [0.2, 0.25) is 0 Å². The molecule has 0 radical (unpaired) electrons. The number of rotatable bonds is 6. The molecule has 3 aromatic rings. The van der Waals surface area contributed by atoms with Gasteiger partial charge in [0.05, 0.1) is 36.0 Å². The highest BCUT2D eigenvalue weighted by atomic mass is 32.2. The summed E-state index contributed by atoms with van der Waals surface area (Å²) in [6.07, 6.45) is 2.96. The summed E-state index contributed by atoms with van der Waals surface area (Å²) in [4.78, 5) is 21.8. The zero-order valence-electron chi connectivity index (χ0n) is 18.0. The van der Waals surface area contributed by atoms with E-state index in [-0.39, 0.29) is 16.8 Å². The number of nitrogens with one attached hydrogen (secondary N) is 2. The Bertz CT molecular complexity index is 1190. The Balaban J connectivity index is 1.49. The average Bonchev–Trinajstić information content (AvgIpc) is 3.25. The number of hydrogen-bond acceptors (Lipinski definition) is 6. The molecule has 0 aliphatic carbocycles. The molecular weight excluding hydrogens is 428 g/mol. The smallest absolute Gasteiger partial charge is 0.221 e. The van der Waals surface area contributed by atoms with Crippen molar-refractivity contribution in [2.45, 2.75) is 24.4 Å². The average molecular weight is 455 g/mol. The maximum atomic E-state index is 11.7. The Kier molecular flexibility index (Phi) is 6.40. The van der Waals surface area contributed by atoms with Crippen LogP contribution >= 0.6 is 0 Å². The van der Waals surface area contributed by atoms with Gasteiger partial charge in [0.2, 0.25) is 5.91 Å². The summed E-state index contributed by atoms with van der Waals surface area (Å²) in [5, 5.41) is 2.78. The van der Waals surface area contributed by atoms with Crippen LogP contribution < -0.4 is 5.32 Å². The first-order valence-corrected chi connectivity index (χ1v) is 12.2. The fourth-order valence-electron chi connectivity index (χ4n) is 3.74. The third-order valence-corrected chi connectivity index (χ3v) is 6.53. The van der Waals surface area contributed by atoms with E-state index in [4.69, 9.17) is 4.74 Å². The molecule has 1 atom stereocenters. The second-order valence-electron chi connectivity index (χ2n) is 7.92. The van der Waals surface area contributed by atoms with Gasteiger partial charge in [0.15, 0.2) is 9.84 Å². The Morgan fingerprint density at radius 1 is 1.19 bits per heavy atom. The zero-order chi connectivity index (χ0) is 22.7. The minimum absolute atomic E-state index is 0.0252. The topological polar surface area (TPSA) is 104 Å². The number of aromatic amines is 1. The fraction of sp³-hybridized carbons (Fsp3) is 0.304. The maximum Gasteiger partial charge on any atom is 0.221 e. The summed E-state index contributed by atoms with van der Waals surface area (Å²) in [6, 6.07) is 14.6. The summed E-state index contributed by atoms with van der Waals surface area (Å²) >= 11 is 0. The number of nitrogens with zero attached hydrogens (tertiary/aromatic N) is 2. The lowest BCUT2D eigenvalue weighted by Crippen LogP contribution is -2.39. The first kappa shape index (κ1) is 22.2. The molecule has 0 saturated carbocycles. The second kappa shape index (κ2) is 9.23. The predicted octanol–water partition coefficient (Wildman–Crippen LogP) is 3.01. The van der Waals surface area contributed by atoms with Crippen LogP contribution in [0, 0.1) is 0 Å². The fourth-order valence-corrected chi connectivity index (χ4v) is 4.38. The molecule has 0 spiro atoms. The van der Waals surface area contributed by atoms with Gasteiger partial charge in [-0.15, -0.1) is 0 Å². The molecule has 1 fully saturated rings. The van der Waals surface area contributed by atoms with Gasteiger partial charge < -0.3 is 15.0 Å². The molecule has 2 N–H and O–H groups in total. The van der Waals surface area contributed by atoms with Gasteiger partial charge in [-0.2, -0.15) is 0 Å². The number of imidazole rings is 1. The normalized spacial score (nSPS) is 17.2. The Morgan fingerprint density at radius 2 is 1.91 bits per heavy atom. The number of hydrogen-bond donors (Lipinski definition) is 2. The van der Waals surface area contributed by atoms with Gasteiger partial charge in [0.1, 0.15) is 5.82 Å². The molecule has 1 unspecified atom stereocenters. The van der Waals surface area contributed by atoms with Gasteiger partial charge in [0.25, 0.3) is 0 Å². The highest BCUT2D eigenvalue weighted by molar-refractivity contribution is 7.90. The van der Waals surface area contributed by atoms with E-state index < -0.39 is 9.84 Å². The number of sulfone groups is 1. The van der Waals surface area contributed by atoms with E-state index in [1.807, 2.05) is 24.3 Å². The number of anilines is 1. The van der Waals surface area contributed by atoms with Crippen molar-refractivity contribution in [3.8, 4) is 11.3 Å². The van der Waals surface area contributed by atoms with Gasteiger partial charge >= 0.3 is 0 Å². The van der Waals surface area contributed by atoms with E-state index in [0.29, 0.717) is 13.2 Å². The summed E-state index contributed by atoms with van der Waals surface area (Å²) in [6.45, 7) is 4.18. The molecule has 1 aliphatic heterocycles. The lowest BCUT2D eigenvalue weighted by Gasteiger charge is -2.34. The Labute approximate surface area is 187 Å². The molecule has 168 valence electrons. The van der Waals surface area contributed by atoms with E-state index in [2.05, 4.69) is 20.2 Å². The van der Waals surface area contributed by atoms with Crippen LogP contribution in [0.25, 0.3) is 11.3 Å². The van der Waals surface area contributed by atoms with Crippen molar-refractivity contribution in [1.29, 1.82) is 0 Å². The van der Waals surface area contributed by atoms with Crippen LogP contribution in [-0.4, -0.2) is 55.2 Å². The van der Waals surface area contributed by atoms with E-state index in [1.165, 1.54) is 13.2 Å². The number of amides is 1. The molecule has 9 heteroatoms. The summed E-state index contributed by atoms with van der Waals surface area (Å²) in [7, 11) is -3.23. The standard InChI is InChI=1S/C23H26N4O4S/c1-16(28)25-19-7-3-17(4-8-19)14-27-11-12-31-15-22(27)23-24-13-21(26-23)18-5-9-20(10-6-18)32(2,29)30/h3-10,13,22H,11-12,14-15H2,1-2H3,(H,24,26)(H,25,28). The van der Waals surface area contributed by atoms with Gasteiger partial charge in [0, 0.05) is 32.0 Å². The monoisotopic (exact) mass is 454 g/mol. The van der Waals surface area contributed by atoms with E-state index >= 15 is 0 Å². The number of carbonyl (C=O) groups excluding carboxylic acids is 1. The molecule has 2 aromatic carbocycles. The van der Waals surface area contributed by atoms with E-state index in [1.54, 1.807) is 30.5 Å². The Morgan fingerprint density at radius 3 is 2.56 bits per heavy atom. The molecule has 1 aliphatic rings. The number of morpholine rings is 1. The molecule has 4 rings (SSSR count). The van der Waals surface area contributed by atoms with Crippen molar-refractivity contribution in [3.05, 3.63) is 66.1 Å². The van der Waals surface area contributed by atoms with Crippen molar-refractivity contribution >= 4 is 21.4 Å². The van der Waals surface area contributed by atoms with Crippen molar-refractivity contribution in [2.75, 3.05) is 31.3 Å². The highest BCUT2D eigenvalue weighted by Crippen LogP contribution is 2.27. The van der Waals surface area contributed by atoms with Crippen molar-refractivity contribution in [1.82, 2.24) is 14.9 Å². The maximum absolute atomic E-state index is 11.7. The first-order chi connectivity index (χ1) is 15.3. The quantitative estimate of drug-likeness (QED) is 0.593. The van der Waals surface area contributed by atoms with Gasteiger partial charge in [-0.05, 0) is 35.4 Å².